The highest BCUT2D eigenvalue weighted by molar-refractivity contribution is 7.71. The Morgan fingerprint density at radius 2 is 2.21 bits per heavy atom. The second-order valence-corrected chi connectivity index (χ2v) is 5.55. The standard InChI is InChI=1S/C13H21N3O2S/c1-2-3-4-5-6-10-7-9(12(17)18-10)8-11-14-13(19)16-15-11/h9-10H,2-8H2,1H3,(H2,14,15,16,19)/t9-,10-/m1/s1. The molecule has 1 aliphatic heterocycles. The Bertz CT molecular complexity index is 468. The van der Waals surface area contributed by atoms with Crippen molar-refractivity contribution in [1.82, 2.24) is 15.2 Å². The van der Waals surface area contributed by atoms with E-state index in [0.29, 0.717) is 11.2 Å². The summed E-state index contributed by atoms with van der Waals surface area (Å²) < 4.78 is 5.84. The molecule has 0 radical (unpaired) electrons. The first kappa shape index (κ1) is 14.2. The van der Waals surface area contributed by atoms with Gasteiger partial charge in [-0.3, -0.25) is 15.0 Å². The molecule has 2 rings (SSSR count). The molecule has 0 amide bonds. The van der Waals surface area contributed by atoms with Crippen LogP contribution < -0.4 is 0 Å². The van der Waals surface area contributed by atoms with E-state index in [2.05, 4.69) is 22.1 Å². The molecule has 1 aromatic heterocycles. The van der Waals surface area contributed by atoms with Crippen LogP contribution >= 0.6 is 12.2 Å². The highest BCUT2D eigenvalue weighted by Crippen LogP contribution is 2.27. The van der Waals surface area contributed by atoms with Crippen molar-refractivity contribution < 1.29 is 9.53 Å². The average molecular weight is 283 g/mol. The van der Waals surface area contributed by atoms with Crippen molar-refractivity contribution in [3.63, 3.8) is 0 Å². The number of aromatic amines is 2. The summed E-state index contributed by atoms with van der Waals surface area (Å²) in [7, 11) is 0. The van der Waals surface area contributed by atoms with Gasteiger partial charge < -0.3 is 4.74 Å². The van der Waals surface area contributed by atoms with Crippen LogP contribution in [0.15, 0.2) is 0 Å². The van der Waals surface area contributed by atoms with Gasteiger partial charge in [-0.15, -0.1) is 0 Å². The number of nitrogens with one attached hydrogen (secondary N) is 2. The maximum atomic E-state index is 11.8. The fourth-order valence-electron chi connectivity index (χ4n) is 2.50. The van der Waals surface area contributed by atoms with Crippen LogP contribution in [0, 0.1) is 10.7 Å². The molecule has 1 aliphatic rings. The average Bonchev–Trinajstić information content (AvgIpc) is 2.93. The minimum atomic E-state index is -0.0946. The van der Waals surface area contributed by atoms with Crippen LogP contribution in [0.3, 0.4) is 0 Å². The number of nitrogens with zero attached hydrogens (tertiary/aromatic N) is 1. The third-order valence-corrected chi connectivity index (χ3v) is 3.73. The first-order valence-electron chi connectivity index (χ1n) is 7.03. The Kier molecular flexibility index (Phi) is 5.13. The lowest BCUT2D eigenvalue weighted by molar-refractivity contribution is -0.144. The third kappa shape index (κ3) is 4.16. The van der Waals surface area contributed by atoms with Gasteiger partial charge in [0.05, 0.1) is 5.92 Å². The van der Waals surface area contributed by atoms with Gasteiger partial charge in [-0.1, -0.05) is 26.2 Å². The van der Waals surface area contributed by atoms with Crippen molar-refractivity contribution in [2.75, 3.05) is 0 Å². The van der Waals surface area contributed by atoms with Crippen molar-refractivity contribution in [1.29, 1.82) is 0 Å². The van der Waals surface area contributed by atoms with Crippen molar-refractivity contribution in [2.45, 2.75) is 58.0 Å². The summed E-state index contributed by atoms with van der Waals surface area (Å²) >= 11 is 4.89. The van der Waals surface area contributed by atoms with Gasteiger partial charge in [-0.05, 0) is 31.5 Å². The van der Waals surface area contributed by atoms with Crippen LogP contribution in [0.5, 0.6) is 0 Å². The van der Waals surface area contributed by atoms with E-state index in [9.17, 15) is 4.79 Å². The van der Waals surface area contributed by atoms with Gasteiger partial charge >= 0.3 is 5.97 Å². The van der Waals surface area contributed by atoms with E-state index in [1.54, 1.807) is 0 Å². The lowest BCUT2D eigenvalue weighted by Crippen LogP contribution is -2.11. The number of carbonyl (C=O) groups is 1. The molecule has 0 aliphatic carbocycles. The Morgan fingerprint density at radius 3 is 2.89 bits per heavy atom. The normalized spacial score (nSPS) is 22.7. The van der Waals surface area contributed by atoms with Crippen LogP contribution in [0.2, 0.25) is 0 Å². The fourth-order valence-corrected chi connectivity index (χ4v) is 2.66. The van der Waals surface area contributed by atoms with Crippen molar-refractivity contribution in [3.8, 4) is 0 Å². The van der Waals surface area contributed by atoms with E-state index in [1.165, 1.54) is 19.3 Å². The molecular weight excluding hydrogens is 262 g/mol. The van der Waals surface area contributed by atoms with E-state index in [0.717, 1.165) is 25.1 Å². The number of aromatic nitrogens is 3. The number of ether oxygens (including phenoxy) is 1. The zero-order valence-corrected chi connectivity index (χ0v) is 12.1. The van der Waals surface area contributed by atoms with Crippen LogP contribution in [-0.4, -0.2) is 27.3 Å². The first-order valence-corrected chi connectivity index (χ1v) is 7.44. The molecule has 0 saturated carbocycles. The van der Waals surface area contributed by atoms with Crippen molar-refractivity contribution in [2.24, 2.45) is 5.92 Å². The smallest absolute Gasteiger partial charge is 0.309 e. The number of hydrogen-bond acceptors (Lipinski definition) is 4. The second-order valence-electron chi connectivity index (χ2n) is 5.16. The van der Waals surface area contributed by atoms with Gasteiger partial charge in [-0.2, -0.15) is 0 Å². The molecule has 106 valence electrons. The summed E-state index contributed by atoms with van der Waals surface area (Å²) in [5, 5.41) is 5.62. The van der Waals surface area contributed by atoms with E-state index in [4.69, 9.17) is 17.0 Å². The molecule has 0 spiro atoms. The molecule has 0 unspecified atom stereocenters. The third-order valence-electron chi connectivity index (χ3n) is 3.53. The van der Waals surface area contributed by atoms with Gasteiger partial charge in [0.1, 0.15) is 11.9 Å². The topological polar surface area (TPSA) is 70.8 Å². The Labute approximate surface area is 118 Å². The van der Waals surface area contributed by atoms with E-state index in [1.807, 2.05) is 0 Å². The quantitative estimate of drug-likeness (QED) is 0.458. The Morgan fingerprint density at radius 1 is 1.37 bits per heavy atom. The summed E-state index contributed by atoms with van der Waals surface area (Å²) in [5.41, 5.74) is 0. The Balaban J connectivity index is 1.77. The molecule has 0 aromatic carbocycles. The zero-order chi connectivity index (χ0) is 13.7. The van der Waals surface area contributed by atoms with Crippen molar-refractivity contribution >= 4 is 18.2 Å². The number of cyclic esters (lactones) is 1. The van der Waals surface area contributed by atoms with Gasteiger partial charge in [0.2, 0.25) is 4.77 Å². The maximum absolute atomic E-state index is 11.8. The summed E-state index contributed by atoms with van der Waals surface area (Å²) in [5.74, 6) is 0.562. The van der Waals surface area contributed by atoms with Crippen LogP contribution in [0.25, 0.3) is 0 Å². The Hall–Kier alpha value is -1.17. The van der Waals surface area contributed by atoms with Gasteiger partial charge in [-0.25, -0.2) is 4.98 Å². The summed E-state index contributed by atoms with van der Waals surface area (Å²) in [6.45, 7) is 2.19. The number of hydrogen-bond donors (Lipinski definition) is 2. The molecule has 2 N–H and O–H groups in total. The lowest BCUT2D eigenvalue weighted by atomic mass is 9.98. The molecule has 1 aromatic rings. The molecule has 1 saturated heterocycles. The molecule has 19 heavy (non-hydrogen) atoms. The molecule has 5 nitrogen and oxygen atoms in total. The largest absolute Gasteiger partial charge is 0.462 e. The first-order chi connectivity index (χ1) is 9.19. The highest BCUT2D eigenvalue weighted by atomic mass is 32.1. The van der Waals surface area contributed by atoms with Gasteiger partial charge in [0, 0.05) is 6.42 Å². The van der Waals surface area contributed by atoms with Crippen LogP contribution in [0.1, 0.15) is 51.3 Å². The minimum absolute atomic E-state index is 0.0786. The van der Waals surface area contributed by atoms with Gasteiger partial charge in [0.25, 0.3) is 0 Å². The molecule has 1 fully saturated rings. The number of carbonyl (C=O) groups excluding carboxylic acids is 1. The number of esters is 1. The predicted octanol–water partition coefficient (Wildman–Crippen LogP) is 2.91. The molecular formula is C13H21N3O2S. The summed E-state index contributed by atoms with van der Waals surface area (Å²) in [6.07, 6.45) is 7.32. The lowest BCUT2D eigenvalue weighted by Gasteiger charge is -2.07. The monoisotopic (exact) mass is 283 g/mol. The summed E-state index contributed by atoms with van der Waals surface area (Å²) in [4.78, 5) is 15.9. The molecule has 2 heterocycles. The maximum Gasteiger partial charge on any atom is 0.309 e. The second kappa shape index (κ2) is 6.84. The SMILES string of the molecule is CCCCCC[C@@H]1C[C@H](Cc2nc(=S)[nH][nH]2)C(=O)O1. The number of unbranched alkanes of at least 4 members (excludes halogenated alkanes) is 3. The van der Waals surface area contributed by atoms with Crippen molar-refractivity contribution in [3.05, 3.63) is 10.6 Å². The number of rotatable bonds is 7. The molecule has 0 bridgehead atoms. The number of H-pyrrole nitrogens is 2. The molecule has 6 heteroatoms. The van der Waals surface area contributed by atoms with Gasteiger partial charge in [0.15, 0.2) is 0 Å². The zero-order valence-electron chi connectivity index (χ0n) is 11.3. The minimum Gasteiger partial charge on any atom is -0.462 e. The van der Waals surface area contributed by atoms with E-state index < -0.39 is 0 Å². The predicted molar refractivity (Wildman–Crippen MR) is 74.2 cm³/mol. The van der Waals surface area contributed by atoms with Crippen LogP contribution in [0.4, 0.5) is 0 Å². The molecule has 2 atom stereocenters. The van der Waals surface area contributed by atoms with E-state index >= 15 is 0 Å². The van der Waals surface area contributed by atoms with E-state index in [-0.39, 0.29) is 18.0 Å². The summed E-state index contributed by atoms with van der Waals surface area (Å²) in [6, 6.07) is 0. The van der Waals surface area contributed by atoms with Crippen LogP contribution in [-0.2, 0) is 16.0 Å². The highest BCUT2D eigenvalue weighted by Gasteiger charge is 2.34. The fraction of sp³-hybridized carbons (Fsp3) is 0.769.